The lowest BCUT2D eigenvalue weighted by Crippen LogP contribution is -2.13. The Labute approximate surface area is 113 Å². The third-order valence-corrected chi connectivity index (χ3v) is 3.18. The fraction of sp³-hybridized carbons (Fsp3) is 0.333. The van der Waals surface area contributed by atoms with E-state index < -0.39 is 0 Å². The van der Waals surface area contributed by atoms with E-state index >= 15 is 0 Å². The largest absolute Gasteiger partial charge is 0.493 e. The van der Waals surface area contributed by atoms with E-state index in [1.54, 1.807) is 18.0 Å². The Kier molecular flexibility index (Phi) is 3.69. The topological polar surface area (TPSA) is 44.1 Å². The van der Waals surface area contributed by atoms with Gasteiger partial charge in [0, 0.05) is 12.1 Å². The molecule has 0 unspecified atom stereocenters. The molecule has 0 saturated carbocycles. The molecule has 2 rings (SSSR count). The van der Waals surface area contributed by atoms with E-state index in [-0.39, 0.29) is 5.78 Å². The van der Waals surface area contributed by atoms with Gasteiger partial charge in [-0.15, -0.1) is 0 Å². The number of hydrogen-bond acceptors (Lipinski definition) is 3. The van der Waals surface area contributed by atoms with Gasteiger partial charge in [-0.1, -0.05) is 17.7 Å². The number of hydrogen-bond donors (Lipinski definition) is 0. The predicted octanol–water partition coefficient (Wildman–Crippen LogP) is 2.76. The van der Waals surface area contributed by atoms with Crippen LogP contribution in [0.3, 0.4) is 0 Å². The van der Waals surface area contributed by atoms with Crippen LogP contribution in [0.2, 0.25) is 0 Å². The van der Waals surface area contributed by atoms with Crippen molar-refractivity contribution in [3.8, 4) is 5.75 Å². The molecule has 0 atom stereocenters. The number of nitrogens with zero attached hydrogens (tertiary/aromatic N) is 2. The summed E-state index contributed by atoms with van der Waals surface area (Å²) in [4.78, 5) is 12.7. The van der Waals surface area contributed by atoms with Crippen LogP contribution in [0, 0.1) is 13.8 Å². The van der Waals surface area contributed by atoms with Crippen LogP contribution in [-0.4, -0.2) is 22.7 Å². The first-order valence-corrected chi connectivity index (χ1v) is 6.30. The molecule has 4 heteroatoms. The number of benzene rings is 1. The number of methoxy groups -OCH3 is 1. The highest BCUT2D eigenvalue weighted by Gasteiger charge is 2.21. The SMILES string of the molecule is CCn1ncc(OC)c1C(=O)c1cc(C)ccc1C. The van der Waals surface area contributed by atoms with Crippen molar-refractivity contribution in [1.82, 2.24) is 9.78 Å². The summed E-state index contributed by atoms with van der Waals surface area (Å²) >= 11 is 0. The third kappa shape index (κ3) is 2.38. The maximum absolute atomic E-state index is 12.7. The van der Waals surface area contributed by atoms with Gasteiger partial charge in [0.2, 0.25) is 5.78 Å². The van der Waals surface area contributed by atoms with E-state index in [1.165, 1.54) is 0 Å². The van der Waals surface area contributed by atoms with Crippen LogP contribution in [0.1, 0.15) is 34.1 Å². The fourth-order valence-electron chi connectivity index (χ4n) is 2.09. The van der Waals surface area contributed by atoms with Crippen LogP contribution in [0.25, 0.3) is 0 Å². The van der Waals surface area contributed by atoms with E-state index in [0.717, 1.165) is 11.1 Å². The van der Waals surface area contributed by atoms with E-state index in [2.05, 4.69) is 5.10 Å². The summed E-state index contributed by atoms with van der Waals surface area (Å²) < 4.78 is 6.91. The van der Waals surface area contributed by atoms with Crippen LogP contribution in [0.5, 0.6) is 5.75 Å². The molecular formula is C15H18N2O2. The molecule has 0 fully saturated rings. The monoisotopic (exact) mass is 258 g/mol. The second kappa shape index (κ2) is 5.26. The van der Waals surface area contributed by atoms with Crippen molar-refractivity contribution < 1.29 is 9.53 Å². The van der Waals surface area contributed by atoms with E-state index in [0.29, 0.717) is 23.6 Å². The number of aromatic nitrogens is 2. The molecule has 1 heterocycles. The van der Waals surface area contributed by atoms with Gasteiger partial charge in [-0.3, -0.25) is 9.48 Å². The quantitative estimate of drug-likeness (QED) is 0.792. The van der Waals surface area contributed by atoms with E-state index in [4.69, 9.17) is 4.74 Å². The summed E-state index contributed by atoms with van der Waals surface area (Å²) in [6.45, 7) is 6.50. The molecule has 0 saturated heterocycles. The van der Waals surface area contributed by atoms with Crippen LogP contribution in [0.4, 0.5) is 0 Å². The number of ether oxygens (including phenoxy) is 1. The first-order chi connectivity index (χ1) is 9.08. The van der Waals surface area contributed by atoms with Crippen LogP contribution < -0.4 is 4.74 Å². The Balaban J connectivity index is 2.55. The van der Waals surface area contributed by atoms with E-state index in [9.17, 15) is 4.79 Å². The second-order valence-corrected chi connectivity index (χ2v) is 4.52. The lowest BCUT2D eigenvalue weighted by atomic mass is 10.00. The van der Waals surface area contributed by atoms with Crippen LogP contribution in [-0.2, 0) is 6.54 Å². The van der Waals surface area contributed by atoms with Crippen molar-refractivity contribution in [3.63, 3.8) is 0 Å². The molecule has 100 valence electrons. The molecule has 2 aromatic rings. The molecule has 4 nitrogen and oxygen atoms in total. The number of carbonyl (C=O) groups is 1. The average molecular weight is 258 g/mol. The Hall–Kier alpha value is -2.10. The minimum Gasteiger partial charge on any atom is -0.493 e. The number of carbonyl (C=O) groups excluding carboxylic acids is 1. The van der Waals surface area contributed by atoms with Gasteiger partial charge < -0.3 is 4.74 Å². The second-order valence-electron chi connectivity index (χ2n) is 4.52. The lowest BCUT2D eigenvalue weighted by molar-refractivity contribution is 0.102. The minimum atomic E-state index is -0.0441. The molecule has 0 aliphatic carbocycles. The zero-order valence-corrected chi connectivity index (χ0v) is 11.7. The molecule has 0 aliphatic rings. The maximum atomic E-state index is 12.7. The summed E-state index contributed by atoms with van der Waals surface area (Å²) in [5, 5.41) is 4.17. The predicted molar refractivity (Wildman–Crippen MR) is 73.8 cm³/mol. The average Bonchev–Trinajstić information content (AvgIpc) is 2.83. The van der Waals surface area contributed by atoms with Crippen molar-refractivity contribution in [2.75, 3.05) is 7.11 Å². The summed E-state index contributed by atoms with van der Waals surface area (Å²) in [5.74, 6) is 0.477. The highest BCUT2D eigenvalue weighted by Crippen LogP contribution is 2.23. The molecule has 1 aromatic heterocycles. The normalized spacial score (nSPS) is 10.5. The summed E-state index contributed by atoms with van der Waals surface area (Å²) in [6.07, 6.45) is 1.59. The van der Waals surface area contributed by atoms with Gasteiger partial charge in [-0.2, -0.15) is 5.10 Å². The summed E-state index contributed by atoms with van der Waals surface area (Å²) in [7, 11) is 1.55. The number of rotatable bonds is 4. The zero-order chi connectivity index (χ0) is 14.0. The molecule has 0 spiro atoms. The molecule has 0 aliphatic heterocycles. The van der Waals surface area contributed by atoms with E-state index in [1.807, 2.05) is 39.0 Å². The molecule has 0 bridgehead atoms. The molecule has 0 radical (unpaired) electrons. The lowest BCUT2D eigenvalue weighted by Gasteiger charge is -2.09. The Bertz CT molecular complexity index is 593. The van der Waals surface area contributed by atoms with Gasteiger partial charge >= 0.3 is 0 Å². The van der Waals surface area contributed by atoms with Gasteiger partial charge in [-0.25, -0.2) is 0 Å². The Morgan fingerprint density at radius 1 is 1.37 bits per heavy atom. The maximum Gasteiger partial charge on any atom is 0.215 e. The van der Waals surface area contributed by atoms with Crippen molar-refractivity contribution in [2.45, 2.75) is 27.3 Å². The van der Waals surface area contributed by atoms with Gasteiger partial charge in [0.1, 0.15) is 0 Å². The van der Waals surface area contributed by atoms with Crippen molar-refractivity contribution in [2.24, 2.45) is 0 Å². The molecule has 19 heavy (non-hydrogen) atoms. The number of aryl methyl sites for hydroxylation is 3. The molecule has 1 aromatic carbocycles. The van der Waals surface area contributed by atoms with Gasteiger partial charge in [0.15, 0.2) is 11.4 Å². The van der Waals surface area contributed by atoms with Crippen molar-refractivity contribution in [3.05, 3.63) is 46.8 Å². The standard InChI is InChI=1S/C15H18N2O2/c1-5-17-14(13(19-4)9-16-17)15(18)12-8-10(2)6-7-11(12)3/h6-9H,5H2,1-4H3. The summed E-state index contributed by atoms with van der Waals surface area (Å²) in [5.41, 5.74) is 3.24. The Morgan fingerprint density at radius 3 is 2.74 bits per heavy atom. The highest BCUT2D eigenvalue weighted by molar-refractivity contribution is 6.10. The third-order valence-electron chi connectivity index (χ3n) is 3.18. The van der Waals surface area contributed by atoms with Gasteiger partial charge in [0.05, 0.1) is 13.3 Å². The van der Waals surface area contributed by atoms with Gasteiger partial charge in [-0.05, 0) is 32.4 Å². The summed E-state index contributed by atoms with van der Waals surface area (Å²) in [6, 6.07) is 5.87. The first kappa shape index (κ1) is 13.3. The minimum absolute atomic E-state index is 0.0441. The van der Waals surface area contributed by atoms with Crippen molar-refractivity contribution in [1.29, 1.82) is 0 Å². The van der Waals surface area contributed by atoms with Crippen LogP contribution in [0.15, 0.2) is 24.4 Å². The zero-order valence-electron chi connectivity index (χ0n) is 11.7. The molecule has 0 N–H and O–H groups in total. The number of ketones is 1. The molecular weight excluding hydrogens is 240 g/mol. The molecule has 0 amide bonds. The van der Waals surface area contributed by atoms with Crippen LogP contribution >= 0.6 is 0 Å². The van der Waals surface area contributed by atoms with Gasteiger partial charge in [0.25, 0.3) is 0 Å². The smallest absolute Gasteiger partial charge is 0.215 e. The first-order valence-electron chi connectivity index (χ1n) is 6.30. The Morgan fingerprint density at radius 2 is 2.11 bits per heavy atom. The highest BCUT2D eigenvalue weighted by atomic mass is 16.5. The van der Waals surface area contributed by atoms with Crippen molar-refractivity contribution >= 4 is 5.78 Å². The fourth-order valence-corrected chi connectivity index (χ4v) is 2.09.